The quantitative estimate of drug-likeness (QED) is 0.679. The first-order chi connectivity index (χ1) is 14.6. The SMILES string of the molecule is C[C@@H]1OCC2(CCN(c3ncc(-c4ccc5nccnc5c4)nc3CO)CC2)[C@@H]1N. The van der Waals surface area contributed by atoms with Gasteiger partial charge < -0.3 is 20.5 Å². The molecular formula is C22H26N6O2. The summed E-state index contributed by atoms with van der Waals surface area (Å²) in [5.74, 6) is 0.747. The summed E-state index contributed by atoms with van der Waals surface area (Å²) in [7, 11) is 0. The van der Waals surface area contributed by atoms with Crippen LogP contribution in [0.2, 0.25) is 0 Å². The van der Waals surface area contributed by atoms with Gasteiger partial charge >= 0.3 is 0 Å². The van der Waals surface area contributed by atoms with Gasteiger partial charge in [0.2, 0.25) is 0 Å². The van der Waals surface area contributed by atoms with Crippen molar-refractivity contribution in [1.29, 1.82) is 0 Å². The molecule has 3 aromatic rings. The van der Waals surface area contributed by atoms with Crippen molar-refractivity contribution in [2.75, 3.05) is 24.6 Å². The Morgan fingerprint density at radius 3 is 2.63 bits per heavy atom. The van der Waals surface area contributed by atoms with Crippen molar-refractivity contribution >= 4 is 16.9 Å². The molecule has 8 heteroatoms. The van der Waals surface area contributed by atoms with Crippen LogP contribution in [0.4, 0.5) is 5.82 Å². The second-order valence-corrected chi connectivity index (χ2v) is 8.33. The molecule has 2 aliphatic rings. The zero-order chi connectivity index (χ0) is 20.7. The average molecular weight is 406 g/mol. The summed E-state index contributed by atoms with van der Waals surface area (Å²) in [6.45, 7) is 4.28. The van der Waals surface area contributed by atoms with E-state index in [0.717, 1.165) is 55.0 Å². The van der Waals surface area contributed by atoms with Gasteiger partial charge in [0, 0.05) is 42.5 Å². The molecule has 2 fully saturated rings. The maximum absolute atomic E-state index is 9.98. The van der Waals surface area contributed by atoms with E-state index < -0.39 is 0 Å². The molecule has 0 saturated carbocycles. The van der Waals surface area contributed by atoms with E-state index in [1.54, 1.807) is 18.6 Å². The third-order valence-electron chi connectivity index (χ3n) is 6.64. The fourth-order valence-corrected chi connectivity index (χ4v) is 4.69. The summed E-state index contributed by atoms with van der Waals surface area (Å²) in [5, 5.41) is 9.98. The molecule has 3 N–H and O–H groups in total. The Hall–Kier alpha value is -2.68. The number of fused-ring (bicyclic) bond motifs is 1. The van der Waals surface area contributed by atoms with Gasteiger partial charge in [0.05, 0.1) is 42.2 Å². The van der Waals surface area contributed by atoms with E-state index in [4.69, 9.17) is 15.5 Å². The first-order valence-electron chi connectivity index (χ1n) is 10.4. The summed E-state index contributed by atoms with van der Waals surface area (Å²) in [5.41, 5.74) is 10.3. The van der Waals surface area contributed by atoms with Gasteiger partial charge in [-0.25, -0.2) is 9.97 Å². The molecule has 30 heavy (non-hydrogen) atoms. The van der Waals surface area contributed by atoms with Crippen LogP contribution in [-0.2, 0) is 11.3 Å². The molecule has 0 bridgehead atoms. The molecule has 2 aromatic heterocycles. The van der Waals surface area contributed by atoms with Crippen molar-refractivity contribution in [3.8, 4) is 11.3 Å². The number of nitrogens with zero attached hydrogens (tertiary/aromatic N) is 5. The van der Waals surface area contributed by atoms with Crippen LogP contribution in [0.5, 0.6) is 0 Å². The minimum absolute atomic E-state index is 0.0504. The number of hydrogen-bond acceptors (Lipinski definition) is 8. The van der Waals surface area contributed by atoms with E-state index in [1.807, 2.05) is 18.2 Å². The summed E-state index contributed by atoms with van der Waals surface area (Å²) in [4.78, 5) is 20.3. The maximum atomic E-state index is 9.98. The van der Waals surface area contributed by atoms with Crippen LogP contribution < -0.4 is 10.6 Å². The lowest BCUT2D eigenvalue weighted by Gasteiger charge is -2.41. The lowest BCUT2D eigenvalue weighted by Crippen LogP contribution is -2.51. The summed E-state index contributed by atoms with van der Waals surface area (Å²) >= 11 is 0. The molecule has 2 atom stereocenters. The van der Waals surface area contributed by atoms with Crippen molar-refractivity contribution < 1.29 is 9.84 Å². The van der Waals surface area contributed by atoms with Crippen molar-refractivity contribution in [3.05, 3.63) is 42.5 Å². The molecule has 0 unspecified atom stereocenters. The fourth-order valence-electron chi connectivity index (χ4n) is 4.69. The molecule has 1 spiro atoms. The number of piperidine rings is 1. The molecule has 8 nitrogen and oxygen atoms in total. The highest BCUT2D eigenvalue weighted by molar-refractivity contribution is 5.80. The molecule has 0 aliphatic carbocycles. The number of nitrogens with two attached hydrogens (primary N) is 1. The van der Waals surface area contributed by atoms with Gasteiger partial charge in [-0.3, -0.25) is 9.97 Å². The van der Waals surface area contributed by atoms with Crippen LogP contribution in [0.3, 0.4) is 0 Å². The lowest BCUT2D eigenvalue weighted by molar-refractivity contribution is 0.0973. The van der Waals surface area contributed by atoms with E-state index in [9.17, 15) is 5.11 Å². The zero-order valence-electron chi connectivity index (χ0n) is 17.0. The Kier molecular flexibility index (Phi) is 4.85. The third-order valence-corrected chi connectivity index (χ3v) is 6.64. The van der Waals surface area contributed by atoms with E-state index in [-0.39, 0.29) is 24.2 Å². The summed E-state index contributed by atoms with van der Waals surface area (Å²) < 4.78 is 5.82. The number of aliphatic hydroxyl groups excluding tert-OH is 1. The molecule has 4 heterocycles. The first-order valence-corrected chi connectivity index (χ1v) is 10.4. The smallest absolute Gasteiger partial charge is 0.152 e. The number of benzene rings is 1. The van der Waals surface area contributed by atoms with Gasteiger partial charge in [-0.2, -0.15) is 0 Å². The van der Waals surface area contributed by atoms with Crippen LogP contribution in [0, 0.1) is 5.41 Å². The standard InChI is InChI=1S/C22H26N6O2/c1-14-20(23)22(13-30-14)4-8-28(9-5-22)21-19(12-29)27-18(11-26-21)15-2-3-16-17(10-15)25-7-6-24-16/h2-3,6-7,10-11,14,20,29H,4-5,8-9,12-13,23H2,1H3/t14-,20+/m0/s1. The second kappa shape index (κ2) is 7.54. The Bertz CT molecular complexity index is 1070. The van der Waals surface area contributed by atoms with Gasteiger partial charge in [0.25, 0.3) is 0 Å². The van der Waals surface area contributed by atoms with Crippen LogP contribution >= 0.6 is 0 Å². The normalized spacial score (nSPS) is 23.4. The topological polar surface area (TPSA) is 110 Å². The highest BCUT2D eigenvalue weighted by atomic mass is 16.5. The number of aromatic nitrogens is 4. The maximum Gasteiger partial charge on any atom is 0.152 e. The molecule has 5 rings (SSSR count). The van der Waals surface area contributed by atoms with Gasteiger partial charge in [-0.1, -0.05) is 6.07 Å². The summed E-state index contributed by atoms with van der Waals surface area (Å²) in [6.07, 6.45) is 7.13. The number of rotatable bonds is 3. The Balaban J connectivity index is 1.39. The second-order valence-electron chi connectivity index (χ2n) is 8.33. The van der Waals surface area contributed by atoms with E-state index in [2.05, 4.69) is 26.8 Å². The van der Waals surface area contributed by atoms with Crippen molar-refractivity contribution in [2.45, 2.75) is 38.5 Å². The van der Waals surface area contributed by atoms with Crippen LogP contribution in [-0.4, -0.2) is 56.9 Å². The highest BCUT2D eigenvalue weighted by Gasteiger charge is 2.47. The average Bonchev–Trinajstić information content (AvgIpc) is 3.07. The summed E-state index contributed by atoms with van der Waals surface area (Å²) in [6, 6.07) is 5.89. The number of aliphatic hydroxyl groups is 1. The van der Waals surface area contributed by atoms with Crippen LogP contribution in [0.25, 0.3) is 22.3 Å². The molecular weight excluding hydrogens is 380 g/mol. The molecule has 0 amide bonds. The van der Waals surface area contributed by atoms with Crippen LogP contribution in [0.1, 0.15) is 25.5 Å². The van der Waals surface area contributed by atoms with Crippen molar-refractivity contribution in [2.24, 2.45) is 11.1 Å². The van der Waals surface area contributed by atoms with E-state index in [1.165, 1.54) is 0 Å². The lowest BCUT2D eigenvalue weighted by atomic mass is 9.73. The minimum atomic E-state index is -0.162. The van der Waals surface area contributed by atoms with E-state index >= 15 is 0 Å². The Morgan fingerprint density at radius 2 is 1.93 bits per heavy atom. The minimum Gasteiger partial charge on any atom is -0.390 e. The predicted octanol–water partition coefficient (Wildman–Crippen LogP) is 1.91. The highest BCUT2D eigenvalue weighted by Crippen LogP contribution is 2.42. The number of ether oxygens (including phenoxy) is 1. The van der Waals surface area contributed by atoms with E-state index in [0.29, 0.717) is 11.4 Å². The fraction of sp³-hybridized carbons (Fsp3) is 0.455. The largest absolute Gasteiger partial charge is 0.390 e. The first kappa shape index (κ1) is 19.3. The predicted molar refractivity (Wildman–Crippen MR) is 114 cm³/mol. The van der Waals surface area contributed by atoms with Gasteiger partial charge in [-0.05, 0) is 31.9 Å². The molecule has 156 valence electrons. The zero-order valence-corrected chi connectivity index (χ0v) is 17.0. The van der Waals surface area contributed by atoms with Crippen LogP contribution in [0.15, 0.2) is 36.8 Å². The van der Waals surface area contributed by atoms with Gasteiger partial charge in [0.15, 0.2) is 5.82 Å². The molecule has 2 saturated heterocycles. The van der Waals surface area contributed by atoms with Crippen molar-refractivity contribution in [1.82, 2.24) is 19.9 Å². The van der Waals surface area contributed by atoms with Gasteiger partial charge in [-0.15, -0.1) is 0 Å². The van der Waals surface area contributed by atoms with Crippen molar-refractivity contribution in [3.63, 3.8) is 0 Å². The monoisotopic (exact) mass is 406 g/mol. The molecule has 2 aliphatic heterocycles. The number of anilines is 1. The Morgan fingerprint density at radius 1 is 1.17 bits per heavy atom. The third kappa shape index (κ3) is 3.21. The van der Waals surface area contributed by atoms with Gasteiger partial charge in [0.1, 0.15) is 5.69 Å². The molecule has 0 radical (unpaired) electrons. The Labute approximate surface area is 175 Å². The molecule has 1 aromatic carbocycles. The number of hydrogen-bond donors (Lipinski definition) is 2.